The lowest BCUT2D eigenvalue weighted by molar-refractivity contribution is 0.0650. The first-order valence-electron chi connectivity index (χ1n) is 6.07. The molecule has 1 fully saturated rings. The highest BCUT2D eigenvalue weighted by atomic mass is 35.5. The van der Waals surface area contributed by atoms with Crippen LogP contribution in [0.1, 0.15) is 23.2 Å². The Bertz CT molecular complexity index is 488. The number of hydrogen-bond acceptors (Lipinski definition) is 2. The summed E-state index contributed by atoms with van der Waals surface area (Å²) in [6.07, 6.45) is 1.49. The van der Waals surface area contributed by atoms with Crippen LogP contribution < -0.4 is 0 Å². The van der Waals surface area contributed by atoms with E-state index in [1.165, 1.54) is 6.07 Å². The van der Waals surface area contributed by atoms with E-state index in [0.29, 0.717) is 13.1 Å². The summed E-state index contributed by atoms with van der Waals surface area (Å²) in [6, 6.07) is 2.32. The van der Waals surface area contributed by atoms with Crippen molar-refractivity contribution in [1.82, 2.24) is 4.90 Å². The van der Waals surface area contributed by atoms with E-state index in [9.17, 15) is 9.18 Å². The van der Waals surface area contributed by atoms with Gasteiger partial charge in [0.05, 0.1) is 15.6 Å². The molecule has 1 saturated heterocycles. The number of amides is 1. The van der Waals surface area contributed by atoms with Gasteiger partial charge < -0.3 is 10.0 Å². The van der Waals surface area contributed by atoms with Crippen LogP contribution in [-0.2, 0) is 0 Å². The summed E-state index contributed by atoms with van der Waals surface area (Å²) in [5.41, 5.74) is 0.131. The Morgan fingerprint density at radius 1 is 1.32 bits per heavy atom. The molecule has 1 aromatic rings. The predicted octanol–water partition coefficient (Wildman–Crippen LogP) is 2.98. The Balaban J connectivity index is 2.14. The number of aliphatic hydroxyl groups excluding tert-OH is 1. The van der Waals surface area contributed by atoms with E-state index in [1.807, 2.05) is 0 Å². The number of rotatable bonds is 2. The minimum Gasteiger partial charge on any atom is -0.396 e. The van der Waals surface area contributed by atoms with Crippen LogP contribution in [-0.4, -0.2) is 35.6 Å². The molecular weight excluding hydrogens is 292 g/mol. The zero-order valence-electron chi connectivity index (χ0n) is 10.2. The quantitative estimate of drug-likeness (QED) is 0.853. The van der Waals surface area contributed by atoms with Gasteiger partial charge in [-0.1, -0.05) is 23.2 Å². The maximum absolute atomic E-state index is 13.4. The molecule has 1 aromatic carbocycles. The topological polar surface area (TPSA) is 40.5 Å². The summed E-state index contributed by atoms with van der Waals surface area (Å²) in [5, 5.41) is 9.11. The zero-order chi connectivity index (χ0) is 14.0. The number of aliphatic hydroxyl groups is 1. The number of nitrogens with zero attached hydrogens (tertiary/aromatic N) is 1. The molecule has 0 bridgehead atoms. The third-order valence-corrected chi connectivity index (χ3v) is 4.00. The van der Waals surface area contributed by atoms with Gasteiger partial charge in [-0.2, -0.15) is 0 Å². The third-order valence-electron chi connectivity index (χ3n) is 3.40. The van der Waals surface area contributed by atoms with Gasteiger partial charge in [-0.05, 0) is 30.9 Å². The fraction of sp³-hybridized carbons (Fsp3) is 0.462. The van der Waals surface area contributed by atoms with Crippen LogP contribution in [0.25, 0.3) is 0 Å². The molecule has 0 atom stereocenters. The van der Waals surface area contributed by atoms with Crippen LogP contribution in [0.5, 0.6) is 0 Å². The van der Waals surface area contributed by atoms with Gasteiger partial charge in [0.15, 0.2) is 0 Å². The van der Waals surface area contributed by atoms with Crippen molar-refractivity contribution in [3.63, 3.8) is 0 Å². The van der Waals surface area contributed by atoms with Gasteiger partial charge >= 0.3 is 0 Å². The average molecular weight is 306 g/mol. The molecule has 1 aliphatic heterocycles. The summed E-state index contributed by atoms with van der Waals surface area (Å²) >= 11 is 11.5. The molecule has 0 radical (unpaired) electrons. The monoisotopic (exact) mass is 305 g/mol. The lowest BCUT2D eigenvalue weighted by Gasteiger charge is -2.31. The summed E-state index contributed by atoms with van der Waals surface area (Å²) in [7, 11) is 0. The van der Waals surface area contributed by atoms with Gasteiger partial charge in [-0.3, -0.25) is 4.79 Å². The second kappa shape index (κ2) is 6.07. The number of likely N-dealkylation sites (tertiary alicyclic amines) is 1. The molecule has 6 heteroatoms. The second-order valence-electron chi connectivity index (χ2n) is 4.66. The molecule has 0 aliphatic carbocycles. The van der Waals surface area contributed by atoms with Crippen LogP contribution in [0.3, 0.4) is 0 Å². The maximum Gasteiger partial charge on any atom is 0.255 e. The summed E-state index contributed by atoms with van der Waals surface area (Å²) in [6.45, 7) is 1.23. The molecule has 2 rings (SSSR count). The van der Waals surface area contributed by atoms with E-state index in [0.717, 1.165) is 18.9 Å². The van der Waals surface area contributed by atoms with E-state index in [-0.39, 0.29) is 34.0 Å². The molecule has 0 aromatic heterocycles. The fourth-order valence-electron chi connectivity index (χ4n) is 2.18. The Kier molecular flexibility index (Phi) is 4.66. The lowest BCUT2D eigenvalue weighted by atomic mass is 9.97. The van der Waals surface area contributed by atoms with Gasteiger partial charge in [-0.15, -0.1) is 0 Å². The number of carbonyl (C=O) groups excluding carboxylic acids is 1. The standard InChI is InChI=1S/C13H14Cl2FNO2/c14-10-6-11(15)12(16)5-9(10)13(19)17-3-1-8(7-18)2-4-17/h5-6,8,18H,1-4,7H2. The van der Waals surface area contributed by atoms with Crippen molar-refractivity contribution in [1.29, 1.82) is 0 Å². The van der Waals surface area contributed by atoms with E-state index in [2.05, 4.69) is 0 Å². The molecule has 1 aliphatic rings. The van der Waals surface area contributed by atoms with Crippen LogP contribution in [0.2, 0.25) is 10.0 Å². The first kappa shape index (κ1) is 14.6. The minimum absolute atomic E-state index is 0.0967. The van der Waals surface area contributed by atoms with Gasteiger partial charge in [-0.25, -0.2) is 4.39 Å². The summed E-state index contributed by atoms with van der Waals surface area (Å²) in [5.74, 6) is -0.710. The fourth-order valence-corrected chi connectivity index (χ4v) is 2.64. The van der Waals surface area contributed by atoms with Crippen molar-refractivity contribution in [2.45, 2.75) is 12.8 Å². The molecule has 3 nitrogen and oxygen atoms in total. The third kappa shape index (κ3) is 3.19. The second-order valence-corrected chi connectivity index (χ2v) is 5.48. The van der Waals surface area contributed by atoms with Gasteiger partial charge in [0.2, 0.25) is 0 Å². The van der Waals surface area contributed by atoms with Crippen molar-refractivity contribution in [3.05, 3.63) is 33.6 Å². The van der Waals surface area contributed by atoms with Gasteiger partial charge in [0.1, 0.15) is 5.82 Å². The highest BCUT2D eigenvalue weighted by Gasteiger charge is 2.25. The van der Waals surface area contributed by atoms with E-state index < -0.39 is 5.82 Å². The van der Waals surface area contributed by atoms with Crippen molar-refractivity contribution >= 4 is 29.1 Å². The van der Waals surface area contributed by atoms with Crippen molar-refractivity contribution < 1.29 is 14.3 Å². The molecule has 1 N–H and O–H groups in total. The highest BCUT2D eigenvalue weighted by Crippen LogP contribution is 2.27. The smallest absolute Gasteiger partial charge is 0.255 e. The minimum atomic E-state index is -0.653. The van der Waals surface area contributed by atoms with E-state index in [4.69, 9.17) is 28.3 Å². The van der Waals surface area contributed by atoms with Crippen molar-refractivity contribution in [2.75, 3.05) is 19.7 Å². The number of carbonyl (C=O) groups is 1. The van der Waals surface area contributed by atoms with E-state index >= 15 is 0 Å². The number of benzene rings is 1. The number of piperidine rings is 1. The van der Waals surface area contributed by atoms with Crippen LogP contribution in [0.15, 0.2) is 12.1 Å². The maximum atomic E-state index is 13.4. The molecule has 1 amide bonds. The van der Waals surface area contributed by atoms with Crippen LogP contribution >= 0.6 is 23.2 Å². The molecule has 19 heavy (non-hydrogen) atoms. The molecule has 104 valence electrons. The zero-order valence-corrected chi connectivity index (χ0v) is 11.7. The first-order valence-corrected chi connectivity index (χ1v) is 6.83. The van der Waals surface area contributed by atoms with Crippen molar-refractivity contribution in [2.24, 2.45) is 5.92 Å². The molecule has 1 heterocycles. The Morgan fingerprint density at radius 3 is 2.53 bits per heavy atom. The Hall–Kier alpha value is -0.840. The van der Waals surface area contributed by atoms with Gasteiger partial charge in [0, 0.05) is 19.7 Å². The molecular formula is C13H14Cl2FNO2. The highest BCUT2D eigenvalue weighted by molar-refractivity contribution is 6.36. The van der Waals surface area contributed by atoms with Crippen LogP contribution in [0.4, 0.5) is 4.39 Å². The lowest BCUT2D eigenvalue weighted by Crippen LogP contribution is -2.39. The summed E-state index contributed by atoms with van der Waals surface area (Å²) in [4.78, 5) is 13.9. The van der Waals surface area contributed by atoms with Crippen LogP contribution in [0, 0.1) is 11.7 Å². The first-order chi connectivity index (χ1) is 9.02. The Labute approximate surface area is 120 Å². The van der Waals surface area contributed by atoms with E-state index in [1.54, 1.807) is 4.90 Å². The largest absolute Gasteiger partial charge is 0.396 e. The Morgan fingerprint density at radius 2 is 1.95 bits per heavy atom. The predicted molar refractivity (Wildman–Crippen MR) is 72.1 cm³/mol. The molecule has 0 unspecified atom stereocenters. The number of halogens is 3. The molecule has 0 spiro atoms. The average Bonchev–Trinajstić information content (AvgIpc) is 2.42. The normalized spacial score (nSPS) is 16.7. The number of hydrogen-bond donors (Lipinski definition) is 1. The summed E-state index contributed by atoms with van der Waals surface area (Å²) < 4.78 is 13.4. The van der Waals surface area contributed by atoms with Crippen molar-refractivity contribution in [3.8, 4) is 0 Å². The van der Waals surface area contributed by atoms with Gasteiger partial charge in [0.25, 0.3) is 5.91 Å². The molecule has 0 saturated carbocycles. The SMILES string of the molecule is O=C(c1cc(F)c(Cl)cc1Cl)N1CCC(CO)CC1.